The van der Waals surface area contributed by atoms with Gasteiger partial charge in [-0.15, -0.1) is 0 Å². The van der Waals surface area contributed by atoms with Gasteiger partial charge in [0, 0.05) is 37.6 Å². The number of methoxy groups -OCH3 is 1. The fraction of sp³-hybridized carbons (Fsp3) is 0.600. The van der Waals surface area contributed by atoms with Crippen molar-refractivity contribution in [2.45, 2.75) is 31.9 Å². The van der Waals surface area contributed by atoms with Crippen LogP contribution in [0.5, 0.6) is 5.75 Å². The second-order valence-corrected chi connectivity index (χ2v) is 5.02. The quantitative estimate of drug-likeness (QED) is 0.907. The normalized spacial score (nSPS) is 18.1. The van der Waals surface area contributed by atoms with Crippen LogP contribution in [-0.4, -0.2) is 38.5 Å². The van der Waals surface area contributed by atoms with Gasteiger partial charge in [-0.25, -0.2) is 0 Å². The lowest BCUT2D eigenvalue weighted by Gasteiger charge is -2.35. The molecule has 1 fully saturated rings. The summed E-state index contributed by atoms with van der Waals surface area (Å²) in [5.74, 6) is 0.742. The van der Waals surface area contributed by atoms with Crippen molar-refractivity contribution in [1.82, 2.24) is 0 Å². The second-order valence-electron chi connectivity index (χ2n) is 5.02. The van der Waals surface area contributed by atoms with Crippen molar-refractivity contribution >= 4 is 5.69 Å². The van der Waals surface area contributed by atoms with Gasteiger partial charge >= 0.3 is 0 Å². The molecule has 0 aliphatic carbocycles. The maximum absolute atomic E-state index is 10.0. The highest BCUT2D eigenvalue weighted by atomic mass is 16.5. The molecule has 19 heavy (non-hydrogen) atoms. The maximum atomic E-state index is 10.0. The van der Waals surface area contributed by atoms with Gasteiger partial charge in [0.2, 0.25) is 0 Å². The standard InChI is InChI=1S/C15H23NO3/c1-11(17)15-13(5-4-6-14(15)18-3)16(2)12-7-9-19-10-8-12/h4-6,11-12,17H,7-10H2,1-3H3/t11-/m0/s1. The number of hydrogen-bond donors (Lipinski definition) is 1. The summed E-state index contributed by atoms with van der Waals surface area (Å²) in [6.45, 7) is 3.39. The average molecular weight is 265 g/mol. The van der Waals surface area contributed by atoms with Gasteiger partial charge in [-0.3, -0.25) is 0 Å². The molecule has 0 radical (unpaired) electrons. The molecule has 106 valence electrons. The predicted molar refractivity (Wildman–Crippen MR) is 75.9 cm³/mol. The third kappa shape index (κ3) is 3.01. The van der Waals surface area contributed by atoms with E-state index in [2.05, 4.69) is 11.9 Å². The highest BCUT2D eigenvalue weighted by Crippen LogP contribution is 2.35. The zero-order valence-corrected chi connectivity index (χ0v) is 11.9. The van der Waals surface area contributed by atoms with Crippen LogP contribution in [0.3, 0.4) is 0 Å². The summed E-state index contributed by atoms with van der Waals surface area (Å²) in [6, 6.07) is 6.36. The highest BCUT2D eigenvalue weighted by molar-refractivity contribution is 5.60. The number of nitrogens with zero attached hydrogens (tertiary/aromatic N) is 1. The van der Waals surface area contributed by atoms with Crippen molar-refractivity contribution in [2.24, 2.45) is 0 Å². The Bertz CT molecular complexity index is 414. The molecule has 0 amide bonds. The zero-order chi connectivity index (χ0) is 13.8. The predicted octanol–water partition coefficient (Wildman–Crippen LogP) is 2.36. The largest absolute Gasteiger partial charge is 0.496 e. The van der Waals surface area contributed by atoms with E-state index in [1.165, 1.54) is 0 Å². The van der Waals surface area contributed by atoms with Crippen LogP contribution in [0.4, 0.5) is 5.69 Å². The molecule has 1 aliphatic rings. The Balaban J connectivity index is 2.32. The first kappa shape index (κ1) is 14.2. The summed E-state index contributed by atoms with van der Waals surface area (Å²) in [7, 11) is 3.72. The van der Waals surface area contributed by atoms with E-state index in [4.69, 9.17) is 9.47 Å². The van der Waals surface area contributed by atoms with Gasteiger partial charge in [0.15, 0.2) is 0 Å². The summed E-state index contributed by atoms with van der Waals surface area (Å²) >= 11 is 0. The van der Waals surface area contributed by atoms with Gasteiger partial charge < -0.3 is 19.5 Å². The number of benzene rings is 1. The van der Waals surface area contributed by atoms with E-state index >= 15 is 0 Å². The monoisotopic (exact) mass is 265 g/mol. The van der Waals surface area contributed by atoms with Gasteiger partial charge in [0.05, 0.1) is 13.2 Å². The number of hydrogen-bond acceptors (Lipinski definition) is 4. The van der Waals surface area contributed by atoms with Crippen LogP contribution in [0.1, 0.15) is 31.4 Å². The van der Waals surface area contributed by atoms with Gasteiger partial charge in [-0.1, -0.05) is 6.07 Å². The Hall–Kier alpha value is -1.26. The number of rotatable bonds is 4. The van der Waals surface area contributed by atoms with E-state index in [0.717, 1.165) is 43.1 Å². The number of anilines is 1. The number of aliphatic hydroxyl groups is 1. The van der Waals surface area contributed by atoms with E-state index in [9.17, 15) is 5.11 Å². The number of ether oxygens (including phenoxy) is 2. The smallest absolute Gasteiger partial charge is 0.126 e. The first-order chi connectivity index (χ1) is 9.15. The summed E-state index contributed by atoms with van der Waals surface area (Å²) in [5.41, 5.74) is 1.90. The molecule has 1 aliphatic heterocycles. The SMILES string of the molecule is COc1cccc(N(C)C2CCOCC2)c1[C@H](C)O. The summed E-state index contributed by atoms with van der Waals surface area (Å²) in [5, 5.41) is 10.0. The van der Waals surface area contributed by atoms with Gasteiger partial charge in [-0.05, 0) is 31.9 Å². The minimum atomic E-state index is -0.548. The molecule has 4 heteroatoms. The highest BCUT2D eigenvalue weighted by Gasteiger charge is 2.23. The van der Waals surface area contributed by atoms with E-state index in [0.29, 0.717) is 6.04 Å². The average Bonchev–Trinajstić information content (AvgIpc) is 2.46. The fourth-order valence-electron chi connectivity index (χ4n) is 2.71. The van der Waals surface area contributed by atoms with E-state index < -0.39 is 6.10 Å². The van der Waals surface area contributed by atoms with Crippen LogP contribution in [0.15, 0.2) is 18.2 Å². The minimum Gasteiger partial charge on any atom is -0.496 e. The summed E-state index contributed by atoms with van der Waals surface area (Å²) in [6.07, 6.45) is 1.49. The molecule has 2 rings (SSSR count). The van der Waals surface area contributed by atoms with Gasteiger partial charge in [-0.2, -0.15) is 0 Å². The topological polar surface area (TPSA) is 41.9 Å². The third-order valence-corrected chi connectivity index (χ3v) is 3.80. The fourth-order valence-corrected chi connectivity index (χ4v) is 2.71. The Morgan fingerprint density at radius 2 is 2.05 bits per heavy atom. The molecular formula is C15H23NO3. The zero-order valence-electron chi connectivity index (χ0n) is 11.9. The third-order valence-electron chi connectivity index (χ3n) is 3.80. The minimum absolute atomic E-state index is 0.457. The van der Waals surface area contributed by atoms with Crippen LogP contribution in [0.2, 0.25) is 0 Å². The molecule has 1 aromatic rings. The summed E-state index contributed by atoms with van der Waals surface area (Å²) < 4.78 is 10.8. The molecule has 0 bridgehead atoms. The van der Waals surface area contributed by atoms with Crippen molar-refractivity contribution < 1.29 is 14.6 Å². The molecule has 1 aromatic carbocycles. The molecule has 1 saturated heterocycles. The molecule has 1 heterocycles. The van der Waals surface area contributed by atoms with Gasteiger partial charge in [0.1, 0.15) is 5.75 Å². The van der Waals surface area contributed by atoms with Crippen LogP contribution in [-0.2, 0) is 4.74 Å². The van der Waals surface area contributed by atoms with E-state index in [-0.39, 0.29) is 0 Å². The first-order valence-electron chi connectivity index (χ1n) is 6.80. The van der Waals surface area contributed by atoms with Gasteiger partial charge in [0.25, 0.3) is 0 Å². The Morgan fingerprint density at radius 3 is 2.63 bits per heavy atom. The molecular weight excluding hydrogens is 242 g/mol. The van der Waals surface area contributed by atoms with E-state index in [1.54, 1.807) is 14.0 Å². The lowest BCUT2D eigenvalue weighted by atomic mass is 10.0. The molecule has 0 saturated carbocycles. The molecule has 1 N–H and O–H groups in total. The first-order valence-corrected chi connectivity index (χ1v) is 6.80. The lowest BCUT2D eigenvalue weighted by Crippen LogP contribution is -2.37. The molecule has 4 nitrogen and oxygen atoms in total. The van der Waals surface area contributed by atoms with Crippen LogP contribution in [0, 0.1) is 0 Å². The van der Waals surface area contributed by atoms with Crippen LogP contribution >= 0.6 is 0 Å². The molecule has 0 aromatic heterocycles. The molecule has 0 unspecified atom stereocenters. The van der Waals surface area contributed by atoms with E-state index in [1.807, 2.05) is 18.2 Å². The maximum Gasteiger partial charge on any atom is 0.126 e. The Morgan fingerprint density at radius 1 is 1.37 bits per heavy atom. The van der Waals surface area contributed by atoms with Crippen molar-refractivity contribution in [3.63, 3.8) is 0 Å². The Labute approximate surface area is 114 Å². The van der Waals surface area contributed by atoms with Crippen molar-refractivity contribution in [2.75, 3.05) is 32.3 Å². The van der Waals surface area contributed by atoms with Crippen molar-refractivity contribution in [3.05, 3.63) is 23.8 Å². The Kier molecular flexibility index (Phi) is 4.66. The van der Waals surface area contributed by atoms with Crippen LogP contribution < -0.4 is 9.64 Å². The summed E-state index contributed by atoms with van der Waals surface area (Å²) in [4.78, 5) is 2.24. The van der Waals surface area contributed by atoms with Crippen LogP contribution in [0.25, 0.3) is 0 Å². The second kappa shape index (κ2) is 6.26. The van der Waals surface area contributed by atoms with Crippen molar-refractivity contribution in [3.8, 4) is 5.75 Å². The molecule has 0 spiro atoms. The lowest BCUT2D eigenvalue weighted by molar-refractivity contribution is 0.0853. The number of aliphatic hydroxyl groups excluding tert-OH is 1. The van der Waals surface area contributed by atoms with Crippen molar-refractivity contribution in [1.29, 1.82) is 0 Å². The molecule has 1 atom stereocenters.